The van der Waals surface area contributed by atoms with Crippen LogP contribution in [0.5, 0.6) is 0 Å². The molecule has 1 fully saturated rings. The first-order valence-corrected chi connectivity index (χ1v) is 7.27. The van der Waals surface area contributed by atoms with Gasteiger partial charge >= 0.3 is 0 Å². The van der Waals surface area contributed by atoms with Crippen molar-refractivity contribution in [2.24, 2.45) is 11.7 Å². The predicted molar refractivity (Wildman–Crippen MR) is 78.8 cm³/mol. The molecule has 1 aromatic rings. The third-order valence-electron chi connectivity index (χ3n) is 3.48. The molecule has 1 amide bonds. The van der Waals surface area contributed by atoms with Gasteiger partial charge in [-0.1, -0.05) is 0 Å². The highest BCUT2D eigenvalue weighted by molar-refractivity contribution is 7.19. The van der Waals surface area contributed by atoms with Crippen LogP contribution in [-0.2, 0) is 4.74 Å². The molecule has 0 aliphatic carbocycles. The van der Waals surface area contributed by atoms with E-state index in [0.717, 1.165) is 32.6 Å². The summed E-state index contributed by atoms with van der Waals surface area (Å²) < 4.78 is 5.34. The Morgan fingerprint density at radius 2 is 2.20 bits per heavy atom. The molecule has 2 heterocycles. The number of rotatable bonds is 4. The summed E-state index contributed by atoms with van der Waals surface area (Å²) in [6.07, 6.45) is 2.02. The summed E-state index contributed by atoms with van der Waals surface area (Å²) in [5, 5.41) is 9.94. The van der Waals surface area contributed by atoms with Crippen molar-refractivity contribution in [2.45, 2.75) is 12.8 Å². The zero-order valence-electron chi connectivity index (χ0n) is 11.4. The maximum absolute atomic E-state index is 11.3. The summed E-state index contributed by atoms with van der Waals surface area (Å²) >= 11 is 1.19. The molecule has 20 heavy (non-hydrogen) atoms. The Bertz CT molecular complexity index is 543. The first-order chi connectivity index (χ1) is 9.54. The molecule has 6 nitrogen and oxygen atoms in total. The number of nitrogens with zero attached hydrogens (tertiary/aromatic N) is 2. The third-order valence-corrected chi connectivity index (χ3v) is 4.82. The average Bonchev–Trinajstić information content (AvgIpc) is 2.77. The summed E-state index contributed by atoms with van der Waals surface area (Å²) in [6, 6.07) is 2.07. The standard InChI is InChI=1S/C13H18N4O2S/c1-17(7-8-2-4-19-5-3-8)13-9(6-14)10(15)11(20-13)12(16)18/h8H,2-5,7,15H2,1H3,(H2,16,18). The van der Waals surface area contributed by atoms with Crippen LogP contribution < -0.4 is 16.4 Å². The van der Waals surface area contributed by atoms with Gasteiger partial charge < -0.3 is 21.1 Å². The van der Waals surface area contributed by atoms with E-state index in [9.17, 15) is 10.1 Å². The van der Waals surface area contributed by atoms with Crippen LogP contribution >= 0.6 is 11.3 Å². The van der Waals surface area contributed by atoms with Gasteiger partial charge in [0.2, 0.25) is 0 Å². The Labute approximate surface area is 121 Å². The van der Waals surface area contributed by atoms with Crippen molar-refractivity contribution in [1.29, 1.82) is 5.26 Å². The Kier molecular flexibility index (Phi) is 4.47. The zero-order chi connectivity index (χ0) is 14.7. The first kappa shape index (κ1) is 14.6. The fraction of sp³-hybridized carbons (Fsp3) is 0.538. The minimum absolute atomic E-state index is 0.193. The number of carbonyl (C=O) groups is 1. The number of nitrogen functional groups attached to an aromatic ring is 1. The van der Waals surface area contributed by atoms with Gasteiger partial charge in [0, 0.05) is 26.8 Å². The smallest absolute Gasteiger partial charge is 0.261 e. The van der Waals surface area contributed by atoms with E-state index in [2.05, 4.69) is 6.07 Å². The third kappa shape index (κ3) is 2.86. The molecular formula is C13H18N4O2S. The number of thiophene rings is 1. The van der Waals surface area contributed by atoms with Crippen LogP contribution in [0.1, 0.15) is 28.1 Å². The quantitative estimate of drug-likeness (QED) is 0.867. The van der Waals surface area contributed by atoms with E-state index in [1.54, 1.807) is 0 Å². The molecule has 2 rings (SSSR count). The van der Waals surface area contributed by atoms with Crippen LogP contribution in [0.15, 0.2) is 0 Å². The Balaban J connectivity index is 2.20. The Morgan fingerprint density at radius 1 is 1.55 bits per heavy atom. The van der Waals surface area contributed by atoms with E-state index in [1.165, 1.54) is 11.3 Å². The Morgan fingerprint density at radius 3 is 2.75 bits per heavy atom. The largest absolute Gasteiger partial charge is 0.396 e. The van der Waals surface area contributed by atoms with Gasteiger partial charge in [-0.05, 0) is 18.8 Å². The number of primary amides is 1. The second kappa shape index (κ2) is 6.11. The maximum atomic E-state index is 11.3. The minimum atomic E-state index is -0.588. The highest BCUT2D eigenvalue weighted by Gasteiger charge is 2.23. The molecule has 0 aromatic carbocycles. The first-order valence-electron chi connectivity index (χ1n) is 6.45. The molecule has 0 radical (unpaired) electrons. The molecular weight excluding hydrogens is 276 g/mol. The van der Waals surface area contributed by atoms with Gasteiger partial charge in [0.05, 0.1) is 5.69 Å². The highest BCUT2D eigenvalue weighted by atomic mass is 32.1. The normalized spacial score (nSPS) is 15.8. The summed E-state index contributed by atoms with van der Waals surface area (Å²) in [5.41, 5.74) is 11.6. The molecule has 1 aliphatic heterocycles. The molecule has 1 aromatic heterocycles. The minimum Gasteiger partial charge on any atom is -0.396 e. The molecule has 0 atom stereocenters. The number of ether oxygens (including phenoxy) is 1. The molecule has 108 valence electrons. The van der Waals surface area contributed by atoms with E-state index in [0.29, 0.717) is 16.5 Å². The van der Waals surface area contributed by atoms with Crippen molar-refractivity contribution in [3.8, 4) is 6.07 Å². The van der Waals surface area contributed by atoms with Crippen LogP contribution in [0.3, 0.4) is 0 Å². The molecule has 4 N–H and O–H groups in total. The molecule has 1 aliphatic rings. The lowest BCUT2D eigenvalue weighted by atomic mass is 10.00. The number of nitrogens with two attached hydrogens (primary N) is 2. The molecule has 0 bridgehead atoms. The summed E-state index contributed by atoms with van der Waals surface area (Å²) in [6.45, 7) is 2.38. The van der Waals surface area contributed by atoms with E-state index in [4.69, 9.17) is 16.2 Å². The number of carbonyl (C=O) groups excluding carboxylic acids is 1. The summed E-state index contributed by atoms with van der Waals surface area (Å²) in [4.78, 5) is 13.6. The second-order valence-electron chi connectivity index (χ2n) is 4.94. The maximum Gasteiger partial charge on any atom is 0.261 e. The summed E-state index contributed by atoms with van der Waals surface area (Å²) in [7, 11) is 1.91. The number of nitriles is 1. The molecule has 7 heteroatoms. The van der Waals surface area contributed by atoms with Crippen molar-refractivity contribution in [1.82, 2.24) is 0 Å². The van der Waals surface area contributed by atoms with Gasteiger partial charge in [-0.25, -0.2) is 0 Å². The van der Waals surface area contributed by atoms with Crippen molar-refractivity contribution in [2.75, 3.05) is 37.4 Å². The topological polar surface area (TPSA) is 105 Å². The molecule has 1 saturated heterocycles. The van der Waals surface area contributed by atoms with E-state index in [-0.39, 0.29) is 10.6 Å². The van der Waals surface area contributed by atoms with Crippen LogP contribution in [0, 0.1) is 17.2 Å². The zero-order valence-corrected chi connectivity index (χ0v) is 12.2. The van der Waals surface area contributed by atoms with Crippen molar-refractivity contribution in [3.63, 3.8) is 0 Å². The molecule has 0 spiro atoms. The SMILES string of the molecule is CN(CC1CCOCC1)c1sc(C(N)=O)c(N)c1C#N. The molecule has 0 unspecified atom stereocenters. The van der Waals surface area contributed by atoms with Gasteiger partial charge in [-0.3, -0.25) is 4.79 Å². The van der Waals surface area contributed by atoms with Gasteiger partial charge in [-0.2, -0.15) is 5.26 Å². The van der Waals surface area contributed by atoms with Gasteiger partial charge in [0.15, 0.2) is 0 Å². The van der Waals surface area contributed by atoms with Crippen LogP contribution in [0.4, 0.5) is 10.7 Å². The fourth-order valence-electron chi connectivity index (χ4n) is 2.39. The fourth-order valence-corrected chi connectivity index (χ4v) is 3.38. The number of hydrogen-bond donors (Lipinski definition) is 2. The predicted octanol–water partition coefficient (Wildman–Crippen LogP) is 1.16. The van der Waals surface area contributed by atoms with Crippen LogP contribution in [0.25, 0.3) is 0 Å². The number of anilines is 2. The van der Waals surface area contributed by atoms with Gasteiger partial charge in [-0.15, -0.1) is 11.3 Å². The lowest BCUT2D eigenvalue weighted by molar-refractivity contribution is 0.0685. The van der Waals surface area contributed by atoms with E-state index in [1.807, 2.05) is 11.9 Å². The Hall–Kier alpha value is -1.78. The highest BCUT2D eigenvalue weighted by Crippen LogP contribution is 2.37. The van der Waals surface area contributed by atoms with Crippen molar-refractivity contribution in [3.05, 3.63) is 10.4 Å². The number of hydrogen-bond acceptors (Lipinski definition) is 6. The summed E-state index contributed by atoms with van der Waals surface area (Å²) in [5.74, 6) is -0.0599. The second-order valence-corrected chi connectivity index (χ2v) is 5.94. The molecule has 0 saturated carbocycles. The lowest BCUT2D eigenvalue weighted by Crippen LogP contribution is -2.29. The van der Waals surface area contributed by atoms with Gasteiger partial charge in [0.25, 0.3) is 5.91 Å². The van der Waals surface area contributed by atoms with Crippen LogP contribution in [0.2, 0.25) is 0 Å². The van der Waals surface area contributed by atoms with Gasteiger partial charge in [0.1, 0.15) is 21.5 Å². The van der Waals surface area contributed by atoms with E-state index < -0.39 is 5.91 Å². The van der Waals surface area contributed by atoms with Crippen molar-refractivity contribution < 1.29 is 9.53 Å². The average molecular weight is 294 g/mol. The number of amides is 1. The van der Waals surface area contributed by atoms with E-state index >= 15 is 0 Å². The lowest BCUT2D eigenvalue weighted by Gasteiger charge is -2.27. The van der Waals surface area contributed by atoms with Crippen molar-refractivity contribution >= 4 is 27.9 Å². The van der Waals surface area contributed by atoms with Crippen LogP contribution in [-0.4, -0.2) is 32.7 Å². The monoisotopic (exact) mass is 294 g/mol.